The maximum Gasteiger partial charge on any atom is 0.326 e. The van der Waals surface area contributed by atoms with E-state index in [0.29, 0.717) is 42.6 Å². The van der Waals surface area contributed by atoms with Crippen molar-refractivity contribution in [2.45, 2.75) is 18.0 Å². The monoisotopic (exact) mass is 488 g/mol. The number of amides is 2. The molecule has 0 bridgehead atoms. The Morgan fingerprint density at radius 1 is 1.24 bits per heavy atom. The Morgan fingerprint density at radius 3 is 2.73 bits per heavy atom. The molecular weight excluding hydrogens is 464 g/mol. The zero-order valence-corrected chi connectivity index (χ0v) is 19.9. The van der Waals surface area contributed by atoms with Crippen LogP contribution in [-0.4, -0.2) is 55.7 Å². The Balaban J connectivity index is 1.60. The van der Waals surface area contributed by atoms with Gasteiger partial charge in [0.2, 0.25) is 11.8 Å². The Kier molecular flexibility index (Phi) is 5.84. The average molecular weight is 489 g/mol. The lowest BCUT2D eigenvalue weighted by Gasteiger charge is -2.32. The topological polar surface area (TPSA) is 94.2 Å². The van der Waals surface area contributed by atoms with Crippen LogP contribution in [0.3, 0.4) is 0 Å². The first-order chi connectivity index (χ1) is 16.0. The second-order valence-corrected chi connectivity index (χ2v) is 10.2. The number of hydrogen-bond donors (Lipinski definition) is 1. The van der Waals surface area contributed by atoms with E-state index in [0.717, 1.165) is 4.88 Å². The number of carbonyl (C=O) groups excluding carboxylic acids is 3. The highest BCUT2D eigenvalue weighted by Crippen LogP contribution is 2.52. The van der Waals surface area contributed by atoms with E-state index in [1.807, 2.05) is 23.8 Å². The van der Waals surface area contributed by atoms with Crippen molar-refractivity contribution in [3.63, 3.8) is 0 Å². The van der Waals surface area contributed by atoms with Gasteiger partial charge in [0.25, 0.3) is 0 Å². The molecule has 2 fully saturated rings. The van der Waals surface area contributed by atoms with E-state index in [9.17, 15) is 14.4 Å². The van der Waals surface area contributed by atoms with E-state index >= 15 is 0 Å². The SMILES string of the molecule is COC(=O)[C@]1(CCSC)N[C@@H](c2cccs2)[C@H]2C(=O)N(c3ccc4c(c3)OCCO4)C(=O)[C@@H]21. The molecule has 2 amide bonds. The van der Waals surface area contributed by atoms with Gasteiger partial charge in [-0.3, -0.25) is 19.7 Å². The van der Waals surface area contributed by atoms with Gasteiger partial charge in [0.05, 0.1) is 30.7 Å². The number of esters is 1. The lowest BCUT2D eigenvalue weighted by Crippen LogP contribution is -2.56. The second kappa shape index (κ2) is 8.66. The van der Waals surface area contributed by atoms with Crippen molar-refractivity contribution in [3.05, 3.63) is 40.6 Å². The Morgan fingerprint density at radius 2 is 2.03 bits per heavy atom. The minimum atomic E-state index is -1.29. The fraction of sp³-hybridized carbons (Fsp3) is 0.435. The highest BCUT2D eigenvalue weighted by Gasteiger charge is 2.68. The number of nitrogens with one attached hydrogen (secondary N) is 1. The van der Waals surface area contributed by atoms with Crippen LogP contribution in [0.4, 0.5) is 5.69 Å². The van der Waals surface area contributed by atoms with Crippen LogP contribution in [0, 0.1) is 11.8 Å². The first-order valence-electron chi connectivity index (χ1n) is 10.7. The zero-order valence-electron chi connectivity index (χ0n) is 18.2. The van der Waals surface area contributed by atoms with Crippen molar-refractivity contribution in [1.82, 2.24) is 5.32 Å². The van der Waals surface area contributed by atoms with E-state index in [1.54, 1.807) is 30.0 Å². The third kappa shape index (κ3) is 3.43. The Hall–Kier alpha value is -2.56. The molecule has 1 N–H and O–H groups in total. The standard InChI is InChI=1S/C23H24N2O6S2/c1-29-22(28)23(7-11-32-2)18-17(19(24-23)16-4-3-10-33-16)20(26)25(21(18)27)13-5-6-14-15(12-13)31-9-8-30-14/h3-6,10,12,17-19,24H,7-9,11H2,1-2H3/t17-,18+,19-,23+/m0/s1. The fourth-order valence-electron chi connectivity index (χ4n) is 5.11. The van der Waals surface area contributed by atoms with Gasteiger partial charge in [0.15, 0.2) is 11.5 Å². The quantitative estimate of drug-likeness (QED) is 0.490. The summed E-state index contributed by atoms with van der Waals surface area (Å²) < 4.78 is 16.4. The molecule has 0 radical (unpaired) electrons. The summed E-state index contributed by atoms with van der Waals surface area (Å²) in [5.41, 5.74) is -0.871. The molecule has 1 aromatic heterocycles. The first-order valence-corrected chi connectivity index (χ1v) is 12.9. The molecule has 4 heterocycles. The van der Waals surface area contributed by atoms with Gasteiger partial charge < -0.3 is 14.2 Å². The Labute approximate surface area is 199 Å². The number of anilines is 1. The van der Waals surface area contributed by atoms with Crippen molar-refractivity contribution in [2.24, 2.45) is 11.8 Å². The smallest absolute Gasteiger partial charge is 0.326 e. The van der Waals surface area contributed by atoms with Crippen LogP contribution in [0.2, 0.25) is 0 Å². The lowest BCUT2D eigenvalue weighted by atomic mass is 9.78. The molecule has 3 aliphatic rings. The van der Waals surface area contributed by atoms with Crippen LogP contribution in [0.15, 0.2) is 35.7 Å². The molecule has 174 valence electrons. The molecule has 5 rings (SSSR count). The van der Waals surface area contributed by atoms with E-state index in [-0.39, 0.29) is 5.91 Å². The molecule has 0 aliphatic carbocycles. The predicted molar refractivity (Wildman–Crippen MR) is 125 cm³/mol. The number of ether oxygens (including phenoxy) is 3. The largest absolute Gasteiger partial charge is 0.486 e. The summed E-state index contributed by atoms with van der Waals surface area (Å²) >= 11 is 3.07. The molecule has 2 aromatic rings. The molecule has 1 aromatic carbocycles. The third-order valence-corrected chi connectivity index (χ3v) is 8.11. The number of thiophene rings is 1. The Bertz CT molecular complexity index is 1090. The number of imide groups is 1. The molecule has 2 saturated heterocycles. The van der Waals surface area contributed by atoms with Crippen LogP contribution in [0.25, 0.3) is 0 Å². The first kappa shape index (κ1) is 22.2. The van der Waals surface area contributed by atoms with Crippen molar-refractivity contribution < 1.29 is 28.6 Å². The van der Waals surface area contributed by atoms with Gasteiger partial charge in [-0.1, -0.05) is 6.07 Å². The molecule has 0 unspecified atom stereocenters. The maximum absolute atomic E-state index is 13.9. The van der Waals surface area contributed by atoms with Gasteiger partial charge in [-0.25, -0.2) is 4.90 Å². The minimum Gasteiger partial charge on any atom is -0.486 e. The highest BCUT2D eigenvalue weighted by molar-refractivity contribution is 7.98. The van der Waals surface area contributed by atoms with Gasteiger partial charge in [-0.2, -0.15) is 11.8 Å². The molecule has 0 saturated carbocycles. The molecule has 8 nitrogen and oxygen atoms in total. The van der Waals surface area contributed by atoms with Gasteiger partial charge in [0, 0.05) is 10.9 Å². The van der Waals surface area contributed by atoms with E-state index in [4.69, 9.17) is 14.2 Å². The van der Waals surface area contributed by atoms with Crippen LogP contribution in [0.1, 0.15) is 17.3 Å². The fourth-order valence-corrected chi connectivity index (χ4v) is 6.45. The summed E-state index contributed by atoms with van der Waals surface area (Å²) in [6.07, 6.45) is 2.31. The van der Waals surface area contributed by atoms with Crippen LogP contribution < -0.4 is 19.7 Å². The average Bonchev–Trinajstić information content (AvgIpc) is 3.54. The lowest BCUT2D eigenvalue weighted by molar-refractivity contribution is -0.152. The molecule has 0 spiro atoms. The van der Waals surface area contributed by atoms with Gasteiger partial charge in [-0.15, -0.1) is 11.3 Å². The van der Waals surface area contributed by atoms with Gasteiger partial charge in [0.1, 0.15) is 18.8 Å². The molecule has 33 heavy (non-hydrogen) atoms. The number of rotatable bonds is 6. The highest BCUT2D eigenvalue weighted by atomic mass is 32.2. The number of methoxy groups -OCH3 is 1. The van der Waals surface area contributed by atoms with E-state index in [2.05, 4.69) is 5.32 Å². The number of carbonyl (C=O) groups is 3. The van der Waals surface area contributed by atoms with Gasteiger partial charge in [-0.05, 0) is 42.0 Å². The summed E-state index contributed by atoms with van der Waals surface area (Å²) in [5, 5.41) is 5.31. The minimum absolute atomic E-state index is 0.331. The van der Waals surface area contributed by atoms with Gasteiger partial charge >= 0.3 is 5.97 Å². The number of nitrogens with zero attached hydrogens (tertiary/aromatic N) is 1. The summed E-state index contributed by atoms with van der Waals surface area (Å²) in [5.74, 6) is -1.14. The van der Waals surface area contributed by atoms with Crippen molar-refractivity contribution in [1.29, 1.82) is 0 Å². The zero-order chi connectivity index (χ0) is 23.2. The second-order valence-electron chi connectivity index (χ2n) is 8.19. The molecule has 10 heteroatoms. The van der Waals surface area contributed by atoms with Crippen LogP contribution >= 0.6 is 23.1 Å². The van der Waals surface area contributed by atoms with Crippen LogP contribution in [0.5, 0.6) is 11.5 Å². The van der Waals surface area contributed by atoms with Crippen molar-refractivity contribution in [3.8, 4) is 11.5 Å². The van der Waals surface area contributed by atoms with E-state index < -0.39 is 35.3 Å². The van der Waals surface area contributed by atoms with Crippen LogP contribution in [-0.2, 0) is 19.1 Å². The molecule has 4 atom stereocenters. The van der Waals surface area contributed by atoms with Crippen molar-refractivity contribution in [2.75, 3.05) is 37.2 Å². The normalized spacial score (nSPS) is 28.2. The summed E-state index contributed by atoms with van der Waals surface area (Å²) in [4.78, 5) is 42.9. The number of fused-ring (bicyclic) bond motifs is 2. The number of benzene rings is 1. The predicted octanol–water partition coefficient (Wildman–Crippen LogP) is 2.63. The molecule has 3 aliphatic heterocycles. The number of thioether (sulfide) groups is 1. The third-order valence-electron chi connectivity index (χ3n) is 6.54. The summed E-state index contributed by atoms with van der Waals surface area (Å²) in [7, 11) is 1.32. The summed E-state index contributed by atoms with van der Waals surface area (Å²) in [6, 6.07) is 8.40. The van der Waals surface area contributed by atoms with E-state index in [1.165, 1.54) is 23.3 Å². The number of hydrogen-bond acceptors (Lipinski definition) is 9. The van der Waals surface area contributed by atoms with Crippen molar-refractivity contribution >= 4 is 46.6 Å². The maximum atomic E-state index is 13.9. The molecular formula is C23H24N2O6S2. The summed E-state index contributed by atoms with van der Waals surface area (Å²) in [6.45, 7) is 0.845.